The first-order valence-electron chi connectivity index (χ1n) is 5.59. The zero-order valence-corrected chi connectivity index (χ0v) is 9.31. The average molecular weight is 210 g/mol. The van der Waals surface area contributed by atoms with Gasteiger partial charge in [0.1, 0.15) is 12.0 Å². The topological polar surface area (TPSA) is 49.5 Å². The third-order valence-electron chi connectivity index (χ3n) is 3.18. The highest BCUT2D eigenvalue weighted by molar-refractivity contribution is 5.33. The molecule has 0 amide bonds. The van der Waals surface area contributed by atoms with E-state index in [1.165, 1.54) is 19.1 Å². The van der Waals surface area contributed by atoms with Gasteiger partial charge in [0.05, 0.1) is 6.61 Å². The Morgan fingerprint density at radius 3 is 3.00 bits per heavy atom. The molecular weight excluding hydrogens is 192 g/mol. The summed E-state index contributed by atoms with van der Waals surface area (Å²) in [5.41, 5.74) is 0.610. The van der Waals surface area contributed by atoms with Crippen LogP contribution in [0, 0.1) is 0 Å². The Balaban J connectivity index is 2.20. The lowest BCUT2D eigenvalue weighted by molar-refractivity contribution is 0.276. The summed E-state index contributed by atoms with van der Waals surface area (Å²) in [6.07, 6.45) is 5.04. The molecular formula is C11H18N2O2. The Bertz CT molecular complexity index is 324. The van der Waals surface area contributed by atoms with Gasteiger partial charge in [0.2, 0.25) is 0 Å². The summed E-state index contributed by atoms with van der Waals surface area (Å²) in [4.78, 5) is 6.50. The van der Waals surface area contributed by atoms with Crippen LogP contribution in [0.2, 0.25) is 0 Å². The summed E-state index contributed by atoms with van der Waals surface area (Å²) < 4.78 is 5.40. The summed E-state index contributed by atoms with van der Waals surface area (Å²) in [5.74, 6) is 0. The van der Waals surface area contributed by atoms with Crippen molar-refractivity contribution in [1.82, 2.24) is 4.98 Å². The maximum Gasteiger partial charge on any atom is 0.297 e. The lowest BCUT2D eigenvalue weighted by Crippen LogP contribution is -2.34. The van der Waals surface area contributed by atoms with Crippen LogP contribution in [0.4, 0.5) is 6.01 Å². The van der Waals surface area contributed by atoms with Gasteiger partial charge in [-0.25, -0.2) is 0 Å². The second-order valence-corrected chi connectivity index (χ2v) is 4.18. The Kier molecular flexibility index (Phi) is 2.95. The molecule has 0 aromatic carbocycles. The normalized spacial score (nSPS) is 26.2. The van der Waals surface area contributed by atoms with Gasteiger partial charge >= 0.3 is 0 Å². The molecule has 1 fully saturated rings. The van der Waals surface area contributed by atoms with Gasteiger partial charge in [-0.1, -0.05) is 6.92 Å². The van der Waals surface area contributed by atoms with Crippen molar-refractivity contribution >= 4 is 6.01 Å². The van der Waals surface area contributed by atoms with E-state index in [-0.39, 0.29) is 6.61 Å². The maximum absolute atomic E-state index is 8.94. The van der Waals surface area contributed by atoms with Crippen LogP contribution in [0.5, 0.6) is 0 Å². The zero-order valence-electron chi connectivity index (χ0n) is 9.31. The molecule has 0 radical (unpaired) electrons. The molecule has 0 aliphatic carbocycles. The summed E-state index contributed by atoms with van der Waals surface area (Å²) in [7, 11) is 0. The van der Waals surface area contributed by atoms with Gasteiger partial charge in [-0.2, -0.15) is 4.98 Å². The van der Waals surface area contributed by atoms with E-state index in [1.54, 1.807) is 0 Å². The van der Waals surface area contributed by atoms with Crippen LogP contribution in [0.3, 0.4) is 0 Å². The monoisotopic (exact) mass is 210 g/mol. The van der Waals surface area contributed by atoms with Gasteiger partial charge in [0.15, 0.2) is 0 Å². The highest BCUT2D eigenvalue weighted by atomic mass is 16.4. The largest absolute Gasteiger partial charge is 0.432 e. The molecule has 2 heterocycles. The van der Waals surface area contributed by atoms with Crippen molar-refractivity contribution in [3.05, 3.63) is 12.0 Å². The summed E-state index contributed by atoms with van der Waals surface area (Å²) in [5, 5.41) is 8.94. The third-order valence-corrected chi connectivity index (χ3v) is 3.18. The van der Waals surface area contributed by atoms with Gasteiger partial charge in [0, 0.05) is 12.1 Å². The molecule has 1 aromatic rings. The zero-order chi connectivity index (χ0) is 10.8. The van der Waals surface area contributed by atoms with Crippen molar-refractivity contribution in [3.63, 3.8) is 0 Å². The summed E-state index contributed by atoms with van der Waals surface area (Å²) >= 11 is 0. The molecule has 84 valence electrons. The van der Waals surface area contributed by atoms with Crippen molar-refractivity contribution in [1.29, 1.82) is 0 Å². The van der Waals surface area contributed by atoms with E-state index < -0.39 is 0 Å². The summed E-state index contributed by atoms with van der Waals surface area (Å²) in [6.45, 7) is 4.33. The molecule has 1 N–H and O–H groups in total. The predicted molar refractivity (Wildman–Crippen MR) is 57.7 cm³/mol. The maximum atomic E-state index is 8.94. The lowest BCUT2D eigenvalue weighted by Gasteiger charge is -2.25. The van der Waals surface area contributed by atoms with E-state index in [9.17, 15) is 0 Å². The molecule has 1 saturated heterocycles. The van der Waals surface area contributed by atoms with Gasteiger partial charge < -0.3 is 14.4 Å². The van der Waals surface area contributed by atoms with E-state index in [1.807, 2.05) is 0 Å². The van der Waals surface area contributed by atoms with E-state index in [4.69, 9.17) is 9.52 Å². The van der Waals surface area contributed by atoms with Crippen molar-refractivity contribution in [2.75, 3.05) is 4.90 Å². The predicted octanol–water partition coefficient (Wildman–Crippen LogP) is 1.93. The highest BCUT2D eigenvalue weighted by Gasteiger charge is 2.32. The van der Waals surface area contributed by atoms with Crippen LogP contribution in [-0.4, -0.2) is 22.2 Å². The average Bonchev–Trinajstić information content (AvgIpc) is 2.83. The molecule has 2 unspecified atom stereocenters. The first-order chi connectivity index (χ1) is 7.26. The number of oxazole rings is 1. The number of rotatable bonds is 3. The SMILES string of the molecule is CCC1CCC(C)N1c1nc(CO)co1. The summed E-state index contributed by atoms with van der Waals surface area (Å²) in [6, 6.07) is 1.68. The highest BCUT2D eigenvalue weighted by Crippen LogP contribution is 2.31. The van der Waals surface area contributed by atoms with Crippen LogP contribution >= 0.6 is 0 Å². The van der Waals surface area contributed by atoms with Gasteiger partial charge in [-0.05, 0) is 26.2 Å². The number of aliphatic hydroxyl groups excluding tert-OH is 1. The molecule has 1 aromatic heterocycles. The fourth-order valence-corrected chi connectivity index (χ4v) is 2.30. The van der Waals surface area contributed by atoms with Crippen molar-refractivity contribution in [2.24, 2.45) is 0 Å². The molecule has 0 bridgehead atoms. The minimum atomic E-state index is -0.0531. The molecule has 4 nitrogen and oxygen atoms in total. The Labute approximate surface area is 89.9 Å². The van der Waals surface area contributed by atoms with Gasteiger partial charge in [-0.3, -0.25) is 0 Å². The minimum Gasteiger partial charge on any atom is -0.432 e. The van der Waals surface area contributed by atoms with Crippen LogP contribution in [0.25, 0.3) is 0 Å². The first kappa shape index (κ1) is 10.5. The second-order valence-electron chi connectivity index (χ2n) is 4.18. The van der Waals surface area contributed by atoms with Crippen molar-refractivity contribution in [2.45, 2.75) is 51.8 Å². The third kappa shape index (κ3) is 1.86. The molecule has 0 spiro atoms. The lowest BCUT2D eigenvalue weighted by atomic mass is 10.2. The number of nitrogens with zero attached hydrogens (tertiary/aromatic N) is 2. The van der Waals surface area contributed by atoms with Gasteiger partial charge in [0.25, 0.3) is 6.01 Å². The van der Waals surface area contributed by atoms with Crippen LogP contribution in [0.1, 0.15) is 38.8 Å². The molecule has 1 aliphatic heterocycles. The molecule has 4 heteroatoms. The van der Waals surface area contributed by atoms with E-state index >= 15 is 0 Å². The fourth-order valence-electron chi connectivity index (χ4n) is 2.30. The molecule has 0 saturated carbocycles. The van der Waals surface area contributed by atoms with Crippen LogP contribution in [-0.2, 0) is 6.61 Å². The molecule has 2 atom stereocenters. The smallest absolute Gasteiger partial charge is 0.297 e. The van der Waals surface area contributed by atoms with E-state index in [0.717, 1.165) is 6.42 Å². The number of aromatic nitrogens is 1. The van der Waals surface area contributed by atoms with Gasteiger partial charge in [-0.15, -0.1) is 0 Å². The van der Waals surface area contributed by atoms with E-state index in [2.05, 4.69) is 23.7 Å². The molecule has 15 heavy (non-hydrogen) atoms. The Morgan fingerprint density at radius 2 is 2.40 bits per heavy atom. The quantitative estimate of drug-likeness (QED) is 0.828. The second kappa shape index (κ2) is 4.23. The number of hydrogen-bond donors (Lipinski definition) is 1. The first-order valence-corrected chi connectivity index (χ1v) is 5.59. The standard InChI is InChI=1S/C11H18N2O2/c1-3-10-5-4-8(2)13(10)11-12-9(6-14)7-15-11/h7-8,10,14H,3-6H2,1-2H3. The van der Waals surface area contributed by atoms with Crippen molar-refractivity contribution < 1.29 is 9.52 Å². The van der Waals surface area contributed by atoms with E-state index in [0.29, 0.717) is 23.8 Å². The van der Waals surface area contributed by atoms with Crippen molar-refractivity contribution in [3.8, 4) is 0 Å². The fraction of sp³-hybridized carbons (Fsp3) is 0.727. The van der Waals surface area contributed by atoms with Crippen LogP contribution in [0.15, 0.2) is 10.7 Å². The minimum absolute atomic E-state index is 0.0531. The Morgan fingerprint density at radius 1 is 1.60 bits per heavy atom. The van der Waals surface area contributed by atoms with Crippen LogP contribution < -0.4 is 4.90 Å². The molecule has 2 rings (SSSR count). The number of aliphatic hydroxyl groups is 1. The molecule has 1 aliphatic rings. The number of hydrogen-bond acceptors (Lipinski definition) is 4. The Hall–Kier alpha value is -1.03. The number of anilines is 1.